The van der Waals surface area contributed by atoms with Crippen LogP contribution in [-0.4, -0.2) is 34.8 Å². The van der Waals surface area contributed by atoms with E-state index in [1.165, 1.54) is 29.5 Å². The molecule has 1 aromatic heterocycles. The van der Waals surface area contributed by atoms with Crippen LogP contribution in [0.25, 0.3) is 10.9 Å². The summed E-state index contributed by atoms with van der Waals surface area (Å²) in [4.78, 5) is 31.8. The van der Waals surface area contributed by atoms with E-state index < -0.39 is 5.41 Å². The number of benzene rings is 2. The maximum Gasteiger partial charge on any atom is 0.256 e. The number of nitrogens with one attached hydrogen (secondary N) is 2. The van der Waals surface area contributed by atoms with E-state index >= 15 is 0 Å². The number of carbonyl (C=O) groups excluding carboxylic acids is 2. The van der Waals surface area contributed by atoms with Crippen molar-refractivity contribution in [2.45, 2.75) is 37.5 Å². The molecular weight excluding hydrogens is 362 g/mol. The van der Waals surface area contributed by atoms with E-state index in [0.717, 1.165) is 35.2 Å². The minimum absolute atomic E-state index is 0.0162. The number of fused-ring (bicyclic) bond motifs is 5. The molecule has 2 aromatic carbocycles. The van der Waals surface area contributed by atoms with E-state index in [1.54, 1.807) is 0 Å². The number of hydrogen-bond donors (Lipinski definition) is 2. The Balaban J connectivity index is 1.37. The molecule has 5 heteroatoms. The smallest absolute Gasteiger partial charge is 0.256 e. The first kappa shape index (κ1) is 16.8. The molecule has 1 aliphatic carbocycles. The molecule has 0 saturated carbocycles. The molecule has 0 bridgehead atoms. The number of carbonyl (C=O) groups is 2. The van der Waals surface area contributed by atoms with Crippen molar-refractivity contribution in [3.8, 4) is 0 Å². The Morgan fingerprint density at radius 2 is 1.90 bits per heavy atom. The molecule has 1 fully saturated rings. The summed E-state index contributed by atoms with van der Waals surface area (Å²) < 4.78 is 0. The number of hydrogen-bond acceptors (Lipinski definition) is 2. The molecule has 1 saturated heterocycles. The Morgan fingerprint density at radius 3 is 2.83 bits per heavy atom. The van der Waals surface area contributed by atoms with Crippen molar-refractivity contribution < 1.29 is 9.59 Å². The fourth-order valence-electron chi connectivity index (χ4n) is 5.54. The van der Waals surface area contributed by atoms with Crippen LogP contribution in [0.3, 0.4) is 0 Å². The zero-order chi connectivity index (χ0) is 19.6. The van der Waals surface area contributed by atoms with E-state index in [9.17, 15) is 9.59 Å². The lowest BCUT2D eigenvalue weighted by atomic mass is 9.81. The number of amides is 2. The van der Waals surface area contributed by atoms with E-state index in [0.29, 0.717) is 19.5 Å². The third-order valence-electron chi connectivity index (χ3n) is 7.05. The van der Waals surface area contributed by atoms with Crippen LogP contribution in [0.1, 0.15) is 46.4 Å². The maximum absolute atomic E-state index is 13.5. The first-order valence-electron chi connectivity index (χ1n) is 10.5. The van der Waals surface area contributed by atoms with Gasteiger partial charge in [-0.3, -0.25) is 9.59 Å². The fourth-order valence-corrected chi connectivity index (χ4v) is 5.54. The molecule has 5 nitrogen and oxygen atoms in total. The quantitative estimate of drug-likeness (QED) is 0.669. The summed E-state index contributed by atoms with van der Waals surface area (Å²) in [6.45, 7) is 1.03. The van der Waals surface area contributed by atoms with E-state index in [2.05, 4.69) is 16.4 Å². The fraction of sp³-hybridized carbons (Fsp3) is 0.333. The molecule has 2 aliphatic heterocycles. The van der Waals surface area contributed by atoms with E-state index in [1.807, 2.05) is 41.3 Å². The van der Waals surface area contributed by atoms with E-state index in [4.69, 9.17) is 0 Å². The van der Waals surface area contributed by atoms with Gasteiger partial charge in [-0.05, 0) is 55.4 Å². The third kappa shape index (κ3) is 2.27. The Bertz CT molecular complexity index is 1180. The molecule has 2 amide bonds. The van der Waals surface area contributed by atoms with Crippen LogP contribution in [0.15, 0.2) is 42.5 Å². The summed E-state index contributed by atoms with van der Waals surface area (Å²) in [5.74, 6) is 0.0331. The van der Waals surface area contributed by atoms with Gasteiger partial charge in [0.2, 0.25) is 5.91 Å². The van der Waals surface area contributed by atoms with Crippen LogP contribution in [0.2, 0.25) is 0 Å². The second-order valence-electron chi connectivity index (χ2n) is 8.58. The highest BCUT2D eigenvalue weighted by molar-refractivity contribution is 6.10. The first-order valence-corrected chi connectivity index (χ1v) is 10.5. The molecule has 1 atom stereocenters. The Kier molecular flexibility index (Phi) is 3.46. The van der Waals surface area contributed by atoms with Crippen LogP contribution in [-0.2, 0) is 23.1 Å². The third-order valence-corrected chi connectivity index (χ3v) is 7.05. The first-order chi connectivity index (χ1) is 14.2. The topological polar surface area (TPSA) is 65.2 Å². The van der Waals surface area contributed by atoms with Gasteiger partial charge in [-0.2, -0.15) is 0 Å². The van der Waals surface area contributed by atoms with Gasteiger partial charge in [0.1, 0.15) is 0 Å². The number of nitrogens with zero attached hydrogens (tertiary/aromatic N) is 1. The van der Waals surface area contributed by atoms with Crippen molar-refractivity contribution in [2.75, 3.05) is 18.4 Å². The standard InChI is InChI=1S/C24H23N3O2/c28-22(17-8-5-7-16-15-6-1-3-10-19(15)25-21(16)17)27-13-12-24(14-27)18-9-2-4-11-20(18)26-23(24)29/h2,4-5,7-9,11,25H,1,3,6,10,12-14H2,(H,26,29). The Hall–Kier alpha value is -3.08. The van der Waals surface area contributed by atoms with E-state index in [-0.39, 0.29) is 11.8 Å². The summed E-state index contributed by atoms with van der Waals surface area (Å²) in [6.07, 6.45) is 5.21. The Morgan fingerprint density at radius 1 is 1.03 bits per heavy atom. The zero-order valence-electron chi connectivity index (χ0n) is 16.3. The molecule has 6 rings (SSSR count). The van der Waals surface area contributed by atoms with Crippen LogP contribution >= 0.6 is 0 Å². The number of likely N-dealkylation sites (tertiary alicyclic amines) is 1. The lowest BCUT2D eigenvalue weighted by Crippen LogP contribution is -2.39. The van der Waals surface area contributed by atoms with Crippen LogP contribution in [0, 0.1) is 0 Å². The maximum atomic E-state index is 13.5. The molecule has 0 radical (unpaired) electrons. The molecule has 29 heavy (non-hydrogen) atoms. The molecule has 1 spiro atoms. The van der Waals surface area contributed by atoms with Crippen LogP contribution in [0.5, 0.6) is 0 Å². The number of H-pyrrole nitrogens is 1. The average Bonchev–Trinajstić information content (AvgIpc) is 3.43. The van der Waals surface area contributed by atoms with Crippen molar-refractivity contribution in [2.24, 2.45) is 0 Å². The van der Waals surface area contributed by atoms with Gasteiger partial charge in [0, 0.05) is 29.9 Å². The van der Waals surface area contributed by atoms with Gasteiger partial charge in [-0.1, -0.05) is 30.3 Å². The zero-order valence-corrected chi connectivity index (χ0v) is 16.3. The normalized spacial score (nSPS) is 22.8. The summed E-state index contributed by atoms with van der Waals surface area (Å²) in [7, 11) is 0. The SMILES string of the molecule is O=C(c1cccc2c3c([nH]c12)CCCC3)N1CCC2(C1)C(=O)Nc1ccccc12. The summed E-state index contributed by atoms with van der Waals surface area (Å²) in [5.41, 5.74) is 5.63. The van der Waals surface area contributed by atoms with Gasteiger partial charge < -0.3 is 15.2 Å². The molecule has 3 aliphatic rings. The van der Waals surface area contributed by atoms with Gasteiger partial charge in [0.25, 0.3) is 5.91 Å². The second kappa shape index (κ2) is 5.96. The van der Waals surface area contributed by atoms with Gasteiger partial charge in [-0.25, -0.2) is 0 Å². The van der Waals surface area contributed by atoms with Crippen LogP contribution in [0.4, 0.5) is 5.69 Å². The highest BCUT2D eigenvalue weighted by Gasteiger charge is 2.52. The number of aromatic amines is 1. The lowest BCUT2D eigenvalue weighted by molar-refractivity contribution is -0.120. The van der Waals surface area contributed by atoms with Crippen LogP contribution < -0.4 is 5.32 Å². The summed E-state index contributed by atoms with van der Waals surface area (Å²) in [6, 6.07) is 13.9. The van der Waals surface area contributed by atoms with Gasteiger partial charge in [-0.15, -0.1) is 0 Å². The number of anilines is 1. The molecule has 2 N–H and O–H groups in total. The average molecular weight is 385 g/mol. The predicted molar refractivity (Wildman–Crippen MR) is 112 cm³/mol. The summed E-state index contributed by atoms with van der Waals surface area (Å²) in [5, 5.41) is 4.19. The number of aromatic nitrogens is 1. The number of para-hydroxylation sites is 2. The minimum Gasteiger partial charge on any atom is -0.358 e. The van der Waals surface area contributed by atoms with Gasteiger partial charge in [0.05, 0.1) is 16.5 Å². The predicted octanol–water partition coefficient (Wildman–Crippen LogP) is 3.78. The van der Waals surface area contributed by atoms with Gasteiger partial charge >= 0.3 is 0 Å². The largest absolute Gasteiger partial charge is 0.358 e. The summed E-state index contributed by atoms with van der Waals surface area (Å²) >= 11 is 0. The number of aryl methyl sites for hydroxylation is 2. The highest BCUT2D eigenvalue weighted by atomic mass is 16.2. The van der Waals surface area contributed by atoms with Gasteiger partial charge in [0.15, 0.2) is 0 Å². The molecular formula is C24H23N3O2. The molecule has 3 heterocycles. The van der Waals surface area contributed by atoms with Crippen molar-refractivity contribution in [3.63, 3.8) is 0 Å². The van der Waals surface area contributed by atoms with Crippen molar-refractivity contribution in [3.05, 3.63) is 64.8 Å². The van der Waals surface area contributed by atoms with Crippen molar-refractivity contribution in [1.82, 2.24) is 9.88 Å². The molecule has 1 unspecified atom stereocenters. The number of rotatable bonds is 1. The molecule has 146 valence electrons. The minimum atomic E-state index is -0.616. The second-order valence-corrected chi connectivity index (χ2v) is 8.58. The van der Waals surface area contributed by atoms with Crippen molar-refractivity contribution in [1.29, 1.82) is 0 Å². The Labute approximate surface area is 169 Å². The lowest BCUT2D eigenvalue weighted by Gasteiger charge is -2.22. The highest BCUT2D eigenvalue weighted by Crippen LogP contribution is 2.44. The molecule has 3 aromatic rings. The van der Waals surface area contributed by atoms with Crippen molar-refractivity contribution >= 4 is 28.4 Å². The monoisotopic (exact) mass is 385 g/mol.